The zero-order valence-corrected chi connectivity index (χ0v) is 14.5. The minimum Gasteiger partial charge on any atom is -0.352 e. The van der Waals surface area contributed by atoms with E-state index < -0.39 is 0 Å². The molecular weight excluding hydrogens is 304 g/mol. The zero-order valence-electron chi connectivity index (χ0n) is 14.5. The molecular formula is C18H28N4O2. The number of benzene rings is 1. The lowest BCUT2D eigenvalue weighted by atomic mass is 9.96. The van der Waals surface area contributed by atoms with Gasteiger partial charge in [0, 0.05) is 12.6 Å². The number of para-hydroxylation sites is 1. The highest BCUT2D eigenvalue weighted by Crippen LogP contribution is 2.16. The predicted octanol–water partition coefficient (Wildman–Crippen LogP) is 2.34. The van der Waals surface area contributed by atoms with Crippen molar-refractivity contribution < 1.29 is 9.59 Å². The summed E-state index contributed by atoms with van der Waals surface area (Å²) >= 11 is 0. The first kappa shape index (κ1) is 18.3. The molecule has 0 saturated carbocycles. The van der Waals surface area contributed by atoms with Crippen molar-refractivity contribution >= 4 is 17.6 Å². The SMILES string of the molecule is CC(C)NC(=O)Nc1ccccc1C(=O)NCCC1CCCNC1. The second-order valence-corrected chi connectivity index (χ2v) is 6.56. The van der Waals surface area contributed by atoms with Crippen molar-refractivity contribution in [3.63, 3.8) is 0 Å². The van der Waals surface area contributed by atoms with Gasteiger partial charge in [0.2, 0.25) is 0 Å². The average molecular weight is 332 g/mol. The van der Waals surface area contributed by atoms with Crippen LogP contribution in [0.25, 0.3) is 0 Å². The molecule has 1 heterocycles. The van der Waals surface area contributed by atoms with Crippen molar-refractivity contribution in [2.45, 2.75) is 39.2 Å². The molecule has 1 atom stereocenters. The molecule has 0 bridgehead atoms. The van der Waals surface area contributed by atoms with Crippen LogP contribution in [0.4, 0.5) is 10.5 Å². The molecule has 1 aromatic carbocycles. The molecule has 24 heavy (non-hydrogen) atoms. The van der Waals surface area contributed by atoms with Crippen LogP contribution in [0, 0.1) is 5.92 Å². The fraction of sp³-hybridized carbons (Fsp3) is 0.556. The van der Waals surface area contributed by atoms with Crippen LogP contribution in [0.5, 0.6) is 0 Å². The van der Waals surface area contributed by atoms with E-state index in [1.807, 2.05) is 13.8 Å². The van der Waals surface area contributed by atoms with E-state index in [0.717, 1.165) is 19.5 Å². The van der Waals surface area contributed by atoms with Crippen LogP contribution in [0.1, 0.15) is 43.5 Å². The van der Waals surface area contributed by atoms with Crippen LogP contribution >= 0.6 is 0 Å². The molecule has 0 spiro atoms. The van der Waals surface area contributed by atoms with Gasteiger partial charge in [-0.15, -0.1) is 0 Å². The minimum atomic E-state index is -0.307. The van der Waals surface area contributed by atoms with Crippen LogP contribution < -0.4 is 21.3 Å². The van der Waals surface area contributed by atoms with Crippen LogP contribution in [-0.2, 0) is 0 Å². The maximum Gasteiger partial charge on any atom is 0.319 e. The summed E-state index contributed by atoms with van der Waals surface area (Å²) in [5.41, 5.74) is 1.01. The molecule has 1 aliphatic rings. The molecule has 1 aromatic rings. The molecule has 0 aromatic heterocycles. The summed E-state index contributed by atoms with van der Waals surface area (Å²) in [4.78, 5) is 24.3. The van der Waals surface area contributed by atoms with Gasteiger partial charge in [-0.1, -0.05) is 12.1 Å². The van der Waals surface area contributed by atoms with Crippen LogP contribution in [0.2, 0.25) is 0 Å². The molecule has 1 aliphatic heterocycles. The van der Waals surface area contributed by atoms with Crippen molar-refractivity contribution in [3.05, 3.63) is 29.8 Å². The van der Waals surface area contributed by atoms with E-state index in [-0.39, 0.29) is 18.0 Å². The first-order valence-corrected chi connectivity index (χ1v) is 8.71. The van der Waals surface area contributed by atoms with Gasteiger partial charge in [0.15, 0.2) is 0 Å². The molecule has 1 saturated heterocycles. The number of nitrogens with one attached hydrogen (secondary N) is 4. The highest BCUT2D eigenvalue weighted by Gasteiger charge is 2.15. The summed E-state index contributed by atoms with van der Waals surface area (Å²) in [6, 6.07) is 6.79. The highest BCUT2D eigenvalue weighted by molar-refractivity contribution is 6.03. The quantitative estimate of drug-likeness (QED) is 0.645. The topological polar surface area (TPSA) is 82.3 Å². The number of hydrogen-bond donors (Lipinski definition) is 4. The fourth-order valence-electron chi connectivity index (χ4n) is 2.87. The third-order valence-electron chi connectivity index (χ3n) is 4.08. The van der Waals surface area contributed by atoms with Gasteiger partial charge >= 0.3 is 6.03 Å². The normalized spacial score (nSPS) is 17.4. The summed E-state index contributed by atoms with van der Waals surface area (Å²) < 4.78 is 0. The summed E-state index contributed by atoms with van der Waals surface area (Å²) in [6.45, 7) is 6.55. The Morgan fingerprint density at radius 3 is 2.79 bits per heavy atom. The van der Waals surface area contributed by atoms with Gasteiger partial charge in [0.05, 0.1) is 11.3 Å². The van der Waals surface area contributed by atoms with Crippen LogP contribution in [0.3, 0.4) is 0 Å². The predicted molar refractivity (Wildman–Crippen MR) is 96.3 cm³/mol. The first-order valence-electron chi connectivity index (χ1n) is 8.71. The highest BCUT2D eigenvalue weighted by atomic mass is 16.2. The fourth-order valence-corrected chi connectivity index (χ4v) is 2.87. The van der Waals surface area contributed by atoms with Crippen molar-refractivity contribution in [2.24, 2.45) is 5.92 Å². The van der Waals surface area contributed by atoms with Crippen LogP contribution in [0.15, 0.2) is 24.3 Å². The third-order valence-corrected chi connectivity index (χ3v) is 4.08. The van der Waals surface area contributed by atoms with Gasteiger partial charge in [-0.05, 0) is 64.3 Å². The van der Waals surface area contributed by atoms with E-state index in [0.29, 0.717) is 23.7 Å². The standard InChI is InChI=1S/C18H28N4O2/c1-13(2)21-18(24)22-16-8-4-3-7-15(16)17(23)20-11-9-14-6-5-10-19-12-14/h3-4,7-8,13-14,19H,5-6,9-12H2,1-2H3,(H,20,23)(H2,21,22,24). The van der Waals surface area contributed by atoms with E-state index in [2.05, 4.69) is 21.3 Å². The lowest BCUT2D eigenvalue weighted by Crippen LogP contribution is -2.35. The van der Waals surface area contributed by atoms with E-state index >= 15 is 0 Å². The Morgan fingerprint density at radius 1 is 1.29 bits per heavy atom. The number of anilines is 1. The first-order chi connectivity index (χ1) is 11.6. The summed E-state index contributed by atoms with van der Waals surface area (Å²) in [6.07, 6.45) is 3.40. The zero-order chi connectivity index (χ0) is 17.4. The molecule has 0 radical (unpaired) electrons. The number of carbonyl (C=O) groups excluding carboxylic acids is 2. The van der Waals surface area contributed by atoms with Gasteiger partial charge in [-0.3, -0.25) is 4.79 Å². The van der Waals surface area contributed by atoms with Crippen molar-refractivity contribution in [2.75, 3.05) is 25.0 Å². The van der Waals surface area contributed by atoms with Crippen molar-refractivity contribution in [1.29, 1.82) is 0 Å². The van der Waals surface area contributed by atoms with E-state index in [1.54, 1.807) is 24.3 Å². The maximum atomic E-state index is 12.4. The summed E-state index contributed by atoms with van der Waals surface area (Å²) in [5, 5.41) is 11.8. The molecule has 6 nitrogen and oxygen atoms in total. The Labute approximate surface area is 143 Å². The van der Waals surface area contributed by atoms with Crippen molar-refractivity contribution in [1.82, 2.24) is 16.0 Å². The van der Waals surface area contributed by atoms with E-state index in [4.69, 9.17) is 0 Å². The third kappa shape index (κ3) is 5.85. The number of carbonyl (C=O) groups is 2. The second-order valence-electron chi connectivity index (χ2n) is 6.56. The van der Waals surface area contributed by atoms with Gasteiger partial charge in [0.1, 0.15) is 0 Å². The smallest absolute Gasteiger partial charge is 0.319 e. The van der Waals surface area contributed by atoms with E-state index in [9.17, 15) is 9.59 Å². The molecule has 6 heteroatoms. The monoisotopic (exact) mass is 332 g/mol. The Hall–Kier alpha value is -2.08. The van der Waals surface area contributed by atoms with E-state index in [1.165, 1.54) is 12.8 Å². The number of amides is 3. The van der Waals surface area contributed by atoms with Crippen LogP contribution in [-0.4, -0.2) is 37.6 Å². The Kier molecular flexibility index (Phi) is 7.06. The Bertz CT molecular complexity index is 554. The Morgan fingerprint density at radius 2 is 2.08 bits per heavy atom. The Balaban J connectivity index is 1.87. The molecule has 0 aliphatic carbocycles. The molecule has 1 unspecified atom stereocenters. The lowest BCUT2D eigenvalue weighted by molar-refractivity contribution is 0.0951. The molecule has 1 fully saturated rings. The van der Waals surface area contributed by atoms with Gasteiger partial charge in [-0.2, -0.15) is 0 Å². The number of piperidine rings is 1. The number of hydrogen-bond acceptors (Lipinski definition) is 3. The summed E-state index contributed by atoms with van der Waals surface area (Å²) in [7, 11) is 0. The van der Waals surface area contributed by atoms with Crippen molar-refractivity contribution in [3.8, 4) is 0 Å². The molecule has 132 valence electrons. The van der Waals surface area contributed by atoms with Gasteiger partial charge in [0.25, 0.3) is 5.91 Å². The average Bonchev–Trinajstić information content (AvgIpc) is 2.55. The van der Waals surface area contributed by atoms with Gasteiger partial charge < -0.3 is 21.3 Å². The second kappa shape index (κ2) is 9.27. The lowest BCUT2D eigenvalue weighted by Gasteiger charge is -2.22. The maximum absolute atomic E-state index is 12.4. The largest absolute Gasteiger partial charge is 0.352 e. The minimum absolute atomic E-state index is 0.0371. The molecule has 2 rings (SSSR count). The van der Waals surface area contributed by atoms with Gasteiger partial charge in [-0.25, -0.2) is 4.79 Å². The number of urea groups is 1. The summed E-state index contributed by atoms with van der Waals surface area (Å²) in [5.74, 6) is 0.475. The number of rotatable bonds is 6. The molecule has 3 amide bonds. The molecule has 4 N–H and O–H groups in total.